The van der Waals surface area contributed by atoms with Crippen molar-refractivity contribution < 1.29 is 4.42 Å². The van der Waals surface area contributed by atoms with Crippen LogP contribution in [-0.4, -0.2) is 29.4 Å². The molecule has 5 aromatic rings. The van der Waals surface area contributed by atoms with Gasteiger partial charge in [0, 0.05) is 12.4 Å². The molecule has 9 heteroatoms. The molecule has 0 radical (unpaired) electrons. The Labute approximate surface area is 169 Å². The van der Waals surface area contributed by atoms with Crippen molar-refractivity contribution in [2.75, 3.05) is 0 Å². The molecule has 0 spiro atoms. The number of furan rings is 1. The Morgan fingerprint density at radius 3 is 2.71 bits per heavy atom. The lowest BCUT2D eigenvalue weighted by Crippen LogP contribution is -1.98. The van der Waals surface area contributed by atoms with Crippen LogP contribution in [0.1, 0.15) is 11.5 Å². The second-order valence-corrected chi connectivity index (χ2v) is 7.76. The largest absolute Gasteiger partial charge is 0.469 e. The fraction of sp³-hybridized carbons (Fsp3) is 0.158. The summed E-state index contributed by atoms with van der Waals surface area (Å²) in [5.74, 6) is 1.55. The minimum atomic E-state index is 0.556. The molecule has 28 heavy (non-hydrogen) atoms. The highest BCUT2D eigenvalue weighted by molar-refractivity contribution is 7.99. The Hall–Kier alpha value is -2.84. The number of halogens is 1. The Morgan fingerprint density at radius 1 is 1.11 bits per heavy atom. The van der Waals surface area contributed by atoms with E-state index in [1.54, 1.807) is 10.8 Å². The average molecular weight is 411 g/mol. The number of aryl methyl sites for hydroxylation is 2. The number of para-hydroxylation sites is 1. The zero-order valence-electron chi connectivity index (χ0n) is 15.3. The van der Waals surface area contributed by atoms with Crippen molar-refractivity contribution in [2.45, 2.75) is 24.0 Å². The van der Waals surface area contributed by atoms with Gasteiger partial charge in [-0.05, 0) is 37.7 Å². The second-order valence-electron chi connectivity index (χ2n) is 6.43. The number of hydrogen-bond acceptors (Lipinski definition) is 6. The van der Waals surface area contributed by atoms with Gasteiger partial charge in [-0.3, -0.25) is 0 Å². The molecule has 4 heterocycles. The Balaban J connectivity index is 1.67. The standard InChI is InChI=1S/C19H15ClN6OS/c1-10-15(20)17-21-18(13-6-4-5-7-14(13)26(17)24-10)28-19-23-22-16(25(19)3)12-8-9-27-11(12)2/h4-9H,1-3H3. The monoisotopic (exact) mass is 410 g/mol. The summed E-state index contributed by atoms with van der Waals surface area (Å²) in [7, 11) is 1.93. The van der Waals surface area contributed by atoms with Crippen molar-refractivity contribution in [3.8, 4) is 11.4 Å². The minimum absolute atomic E-state index is 0.556. The first-order valence-electron chi connectivity index (χ1n) is 8.60. The molecule has 5 rings (SSSR count). The van der Waals surface area contributed by atoms with Crippen LogP contribution >= 0.6 is 23.4 Å². The van der Waals surface area contributed by atoms with Crippen LogP contribution in [0.25, 0.3) is 27.9 Å². The SMILES string of the molecule is Cc1nn2c(nc(Sc3nnc(-c4ccoc4C)n3C)c3ccccc32)c1Cl. The highest BCUT2D eigenvalue weighted by Crippen LogP contribution is 2.35. The molecule has 0 saturated heterocycles. The highest BCUT2D eigenvalue weighted by Gasteiger charge is 2.19. The number of rotatable bonds is 3. The van der Waals surface area contributed by atoms with E-state index in [0.29, 0.717) is 10.7 Å². The van der Waals surface area contributed by atoms with Crippen LogP contribution in [-0.2, 0) is 7.05 Å². The van der Waals surface area contributed by atoms with E-state index in [4.69, 9.17) is 21.0 Å². The molecule has 0 aliphatic rings. The summed E-state index contributed by atoms with van der Waals surface area (Å²) in [6.07, 6.45) is 1.65. The molecule has 0 N–H and O–H groups in total. The van der Waals surface area contributed by atoms with Gasteiger partial charge in [0.15, 0.2) is 16.6 Å². The Kier molecular flexibility index (Phi) is 3.92. The molecule has 140 valence electrons. The van der Waals surface area contributed by atoms with Crippen molar-refractivity contribution in [1.29, 1.82) is 0 Å². The van der Waals surface area contributed by atoms with Crippen molar-refractivity contribution in [1.82, 2.24) is 29.4 Å². The molecule has 0 unspecified atom stereocenters. The molecule has 0 fully saturated rings. The summed E-state index contributed by atoms with van der Waals surface area (Å²) >= 11 is 7.89. The maximum atomic E-state index is 6.44. The predicted octanol–water partition coefficient (Wildman–Crippen LogP) is 4.69. The topological polar surface area (TPSA) is 74.0 Å². The first-order chi connectivity index (χ1) is 13.5. The zero-order chi connectivity index (χ0) is 19.4. The fourth-order valence-corrected chi connectivity index (χ4v) is 4.23. The molecule has 1 aromatic carbocycles. The number of benzene rings is 1. The van der Waals surface area contributed by atoms with Gasteiger partial charge in [0.05, 0.1) is 23.0 Å². The Bertz CT molecular complexity index is 1350. The van der Waals surface area contributed by atoms with E-state index in [9.17, 15) is 0 Å². The summed E-state index contributed by atoms with van der Waals surface area (Å²) in [5.41, 5.74) is 3.24. The van der Waals surface area contributed by atoms with Gasteiger partial charge >= 0.3 is 0 Å². The number of fused-ring (bicyclic) bond motifs is 3. The number of nitrogens with zero attached hydrogens (tertiary/aromatic N) is 6. The van der Waals surface area contributed by atoms with E-state index in [0.717, 1.165) is 43.9 Å². The van der Waals surface area contributed by atoms with E-state index in [1.165, 1.54) is 11.8 Å². The number of aromatic nitrogens is 6. The number of hydrogen-bond donors (Lipinski definition) is 0. The highest BCUT2D eigenvalue weighted by atomic mass is 35.5. The van der Waals surface area contributed by atoms with E-state index in [-0.39, 0.29) is 0 Å². The molecule has 0 bridgehead atoms. The lowest BCUT2D eigenvalue weighted by atomic mass is 10.2. The summed E-state index contributed by atoms with van der Waals surface area (Å²) in [4.78, 5) is 4.78. The molecular formula is C19H15ClN6OS. The van der Waals surface area contributed by atoms with Gasteiger partial charge in [-0.1, -0.05) is 29.8 Å². The molecular weight excluding hydrogens is 396 g/mol. The summed E-state index contributed by atoms with van der Waals surface area (Å²) in [5, 5.41) is 16.3. The van der Waals surface area contributed by atoms with Gasteiger partial charge in [0.25, 0.3) is 0 Å². The van der Waals surface area contributed by atoms with E-state index >= 15 is 0 Å². The van der Waals surface area contributed by atoms with E-state index in [1.807, 2.05) is 55.8 Å². The molecule has 0 atom stereocenters. The van der Waals surface area contributed by atoms with Crippen LogP contribution in [0.4, 0.5) is 0 Å². The van der Waals surface area contributed by atoms with E-state index in [2.05, 4.69) is 15.3 Å². The van der Waals surface area contributed by atoms with Crippen LogP contribution in [0.3, 0.4) is 0 Å². The maximum absolute atomic E-state index is 6.44. The minimum Gasteiger partial charge on any atom is -0.469 e. The normalized spacial score (nSPS) is 11.7. The molecule has 4 aromatic heterocycles. The van der Waals surface area contributed by atoms with Crippen molar-refractivity contribution in [2.24, 2.45) is 7.05 Å². The van der Waals surface area contributed by atoms with Gasteiger partial charge in [0.1, 0.15) is 15.8 Å². The summed E-state index contributed by atoms with van der Waals surface area (Å²) in [6.45, 7) is 3.78. The fourth-order valence-electron chi connectivity index (χ4n) is 3.18. The van der Waals surface area contributed by atoms with Crippen molar-refractivity contribution in [3.05, 3.63) is 53.1 Å². The van der Waals surface area contributed by atoms with Crippen LogP contribution in [0.2, 0.25) is 5.02 Å². The third-order valence-electron chi connectivity index (χ3n) is 4.66. The molecule has 7 nitrogen and oxygen atoms in total. The second kappa shape index (κ2) is 6.35. The van der Waals surface area contributed by atoms with Crippen molar-refractivity contribution >= 4 is 39.9 Å². The van der Waals surface area contributed by atoms with Gasteiger partial charge < -0.3 is 8.98 Å². The molecule has 0 saturated carbocycles. The van der Waals surface area contributed by atoms with Gasteiger partial charge in [-0.15, -0.1) is 10.2 Å². The molecule has 0 amide bonds. The van der Waals surface area contributed by atoms with Crippen LogP contribution in [0, 0.1) is 13.8 Å². The first kappa shape index (κ1) is 17.3. The Morgan fingerprint density at radius 2 is 1.93 bits per heavy atom. The zero-order valence-corrected chi connectivity index (χ0v) is 16.9. The van der Waals surface area contributed by atoms with Crippen LogP contribution in [0.15, 0.2) is 51.2 Å². The lowest BCUT2D eigenvalue weighted by Gasteiger charge is -2.08. The third kappa shape index (κ3) is 2.52. The predicted molar refractivity (Wildman–Crippen MR) is 108 cm³/mol. The van der Waals surface area contributed by atoms with Gasteiger partial charge in [0.2, 0.25) is 0 Å². The van der Waals surface area contributed by atoms with Crippen molar-refractivity contribution in [3.63, 3.8) is 0 Å². The van der Waals surface area contributed by atoms with Crippen LogP contribution in [0.5, 0.6) is 0 Å². The lowest BCUT2D eigenvalue weighted by molar-refractivity contribution is 0.534. The van der Waals surface area contributed by atoms with Gasteiger partial charge in [-0.2, -0.15) is 5.10 Å². The summed E-state index contributed by atoms with van der Waals surface area (Å²) < 4.78 is 9.12. The maximum Gasteiger partial charge on any atom is 0.197 e. The summed E-state index contributed by atoms with van der Waals surface area (Å²) in [6, 6.07) is 9.88. The van der Waals surface area contributed by atoms with Crippen LogP contribution < -0.4 is 0 Å². The smallest absolute Gasteiger partial charge is 0.197 e. The quantitative estimate of drug-likeness (QED) is 0.401. The molecule has 0 aliphatic heterocycles. The average Bonchev–Trinajstić information content (AvgIpc) is 3.35. The first-order valence-corrected chi connectivity index (χ1v) is 9.79. The van der Waals surface area contributed by atoms with Gasteiger partial charge in [-0.25, -0.2) is 9.50 Å². The molecule has 0 aliphatic carbocycles. The third-order valence-corrected chi connectivity index (χ3v) is 6.14. The van der Waals surface area contributed by atoms with E-state index < -0.39 is 0 Å².